The van der Waals surface area contributed by atoms with Crippen molar-refractivity contribution in [1.82, 2.24) is 9.78 Å². The van der Waals surface area contributed by atoms with E-state index in [2.05, 4.69) is 9.84 Å². The third-order valence-corrected chi connectivity index (χ3v) is 3.85. The number of esters is 1. The van der Waals surface area contributed by atoms with Crippen molar-refractivity contribution in [3.8, 4) is 0 Å². The topological polar surface area (TPSA) is 61.2 Å². The molecule has 1 saturated carbocycles. The van der Waals surface area contributed by atoms with Gasteiger partial charge in [-0.05, 0) is 30.4 Å². The summed E-state index contributed by atoms with van der Waals surface area (Å²) in [7, 11) is 1.10. The summed E-state index contributed by atoms with van der Waals surface area (Å²) in [6, 6.07) is 2.75. The van der Waals surface area contributed by atoms with Gasteiger partial charge in [0.05, 0.1) is 17.9 Å². The number of alkyl halides is 2. The number of carbonyl (C=O) groups excluding carboxylic acids is 1. The van der Waals surface area contributed by atoms with E-state index >= 15 is 0 Å². The molecule has 23 heavy (non-hydrogen) atoms. The Morgan fingerprint density at radius 3 is 2.70 bits per heavy atom. The number of hydrogen-bond acceptors (Lipinski definition) is 4. The van der Waals surface area contributed by atoms with E-state index in [1.807, 2.05) is 0 Å². The van der Waals surface area contributed by atoms with Gasteiger partial charge >= 0.3 is 5.97 Å². The number of hydrogen-bond donors (Lipinski definition) is 0. The molecule has 0 radical (unpaired) electrons. The predicted molar refractivity (Wildman–Crippen MR) is 74.9 cm³/mol. The van der Waals surface area contributed by atoms with Crippen molar-refractivity contribution in [3.63, 3.8) is 0 Å². The largest absolute Gasteiger partial charge is 0.468 e. The highest BCUT2D eigenvalue weighted by Crippen LogP contribution is 2.43. The molecular formula is C15H13F3N2O3. The van der Waals surface area contributed by atoms with E-state index in [-0.39, 0.29) is 11.3 Å². The van der Waals surface area contributed by atoms with Crippen molar-refractivity contribution in [2.75, 3.05) is 7.11 Å². The molecule has 8 heteroatoms. The number of fused-ring (bicyclic) bond motifs is 1. The fraction of sp³-hybridized carbons (Fsp3) is 0.400. The Morgan fingerprint density at radius 2 is 2.13 bits per heavy atom. The lowest BCUT2D eigenvalue weighted by Gasteiger charge is -2.12. The molecular weight excluding hydrogens is 313 g/mol. The number of ether oxygens (including phenoxy) is 1. The first kappa shape index (κ1) is 15.5. The number of rotatable bonds is 4. The second-order valence-corrected chi connectivity index (χ2v) is 5.39. The van der Waals surface area contributed by atoms with E-state index in [1.54, 1.807) is 0 Å². The highest BCUT2D eigenvalue weighted by atomic mass is 19.3. The number of aromatic nitrogens is 2. The molecule has 0 spiro atoms. The molecule has 1 heterocycles. The average molecular weight is 326 g/mol. The van der Waals surface area contributed by atoms with Gasteiger partial charge in [-0.3, -0.25) is 9.59 Å². The Kier molecular flexibility index (Phi) is 3.83. The Labute approximate surface area is 128 Å². The Bertz CT molecular complexity index is 844. The van der Waals surface area contributed by atoms with Crippen LogP contribution in [0.15, 0.2) is 16.9 Å². The first-order valence-electron chi connectivity index (χ1n) is 7.02. The molecule has 0 aliphatic heterocycles. The molecule has 1 fully saturated rings. The van der Waals surface area contributed by atoms with Gasteiger partial charge in [0.2, 0.25) is 0 Å². The van der Waals surface area contributed by atoms with Crippen LogP contribution >= 0.6 is 0 Å². The van der Waals surface area contributed by atoms with Gasteiger partial charge in [0.25, 0.3) is 12.0 Å². The molecule has 1 aromatic carbocycles. The first-order chi connectivity index (χ1) is 10.9. The smallest absolute Gasteiger partial charge is 0.327 e. The lowest BCUT2D eigenvalue weighted by Crippen LogP contribution is -2.29. The third kappa shape index (κ3) is 2.69. The summed E-state index contributed by atoms with van der Waals surface area (Å²) in [5.41, 5.74) is -1.33. The molecule has 5 nitrogen and oxygen atoms in total. The van der Waals surface area contributed by atoms with Crippen LogP contribution in [0.5, 0.6) is 0 Å². The molecule has 1 aliphatic rings. The maximum absolute atomic E-state index is 14.6. The van der Waals surface area contributed by atoms with Crippen molar-refractivity contribution >= 4 is 16.7 Å². The average Bonchev–Trinajstić information content (AvgIpc) is 3.34. The molecule has 0 bridgehead atoms. The summed E-state index contributed by atoms with van der Waals surface area (Å²) in [6.45, 7) is -0.614. The zero-order chi connectivity index (χ0) is 16.7. The van der Waals surface area contributed by atoms with E-state index in [4.69, 9.17) is 0 Å². The molecule has 122 valence electrons. The SMILES string of the molecule is COC(=O)Cn1nc(C(F)F)c2c(F)c(C3CC3)ccc2c1=O. The van der Waals surface area contributed by atoms with Crippen molar-refractivity contribution in [2.24, 2.45) is 0 Å². The molecule has 2 aromatic rings. The standard InChI is InChI=1S/C15H13F3N2O3/c1-23-10(21)6-20-15(22)9-5-4-8(7-2-3-7)12(16)11(9)13(19-20)14(17)18/h4-5,7,14H,2-3,6H2,1H3. The maximum atomic E-state index is 14.6. The van der Waals surface area contributed by atoms with Gasteiger partial charge < -0.3 is 4.74 Å². The summed E-state index contributed by atoms with van der Waals surface area (Å²) in [5, 5.41) is 2.80. The van der Waals surface area contributed by atoms with Crippen molar-refractivity contribution in [1.29, 1.82) is 0 Å². The Balaban J connectivity index is 2.27. The van der Waals surface area contributed by atoms with E-state index in [1.165, 1.54) is 12.1 Å². The fourth-order valence-electron chi connectivity index (χ4n) is 2.54. The van der Waals surface area contributed by atoms with Gasteiger partial charge in [-0.25, -0.2) is 17.9 Å². The highest BCUT2D eigenvalue weighted by molar-refractivity contribution is 5.85. The normalized spacial score (nSPS) is 14.5. The van der Waals surface area contributed by atoms with Crippen LogP contribution in [-0.2, 0) is 16.1 Å². The van der Waals surface area contributed by atoms with Gasteiger partial charge in [-0.1, -0.05) is 6.07 Å². The number of halogens is 3. The van der Waals surface area contributed by atoms with Crippen LogP contribution in [0.3, 0.4) is 0 Å². The summed E-state index contributed by atoms with van der Waals surface area (Å²) >= 11 is 0. The number of methoxy groups -OCH3 is 1. The lowest BCUT2D eigenvalue weighted by atomic mass is 10.0. The van der Waals surface area contributed by atoms with E-state index in [9.17, 15) is 22.8 Å². The molecule has 3 rings (SSSR count). The minimum absolute atomic E-state index is 0.00224. The summed E-state index contributed by atoms with van der Waals surface area (Å²) in [4.78, 5) is 23.6. The van der Waals surface area contributed by atoms with Crippen LogP contribution in [0.2, 0.25) is 0 Å². The van der Waals surface area contributed by atoms with E-state index in [0.717, 1.165) is 20.0 Å². The first-order valence-corrected chi connectivity index (χ1v) is 7.02. The second kappa shape index (κ2) is 5.68. The fourth-order valence-corrected chi connectivity index (χ4v) is 2.54. The van der Waals surface area contributed by atoms with Crippen LogP contribution in [0, 0.1) is 5.82 Å². The van der Waals surface area contributed by atoms with Gasteiger partial charge in [-0.2, -0.15) is 5.10 Å². The summed E-state index contributed by atoms with van der Waals surface area (Å²) in [5.74, 6) is -1.63. The lowest BCUT2D eigenvalue weighted by molar-refractivity contribution is -0.141. The molecule has 0 atom stereocenters. The molecule has 0 saturated heterocycles. The van der Waals surface area contributed by atoms with E-state index in [0.29, 0.717) is 10.2 Å². The van der Waals surface area contributed by atoms with Crippen LogP contribution in [0.1, 0.15) is 36.4 Å². The second-order valence-electron chi connectivity index (χ2n) is 5.39. The number of carbonyl (C=O) groups is 1. The molecule has 0 unspecified atom stereocenters. The van der Waals surface area contributed by atoms with Crippen LogP contribution in [0.4, 0.5) is 13.2 Å². The van der Waals surface area contributed by atoms with Gasteiger partial charge in [0.15, 0.2) is 0 Å². The van der Waals surface area contributed by atoms with Crippen LogP contribution in [-0.4, -0.2) is 22.9 Å². The van der Waals surface area contributed by atoms with E-state index < -0.39 is 41.4 Å². The van der Waals surface area contributed by atoms with Crippen LogP contribution < -0.4 is 5.56 Å². The Hall–Kier alpha value is -2.38. The minimum atomic E-state index is -3.08. The molecule has 1 aliphatic carbocycles. The third-order valence-electron chi connectivity index (χ3n) is 3.85. The predicted octanol–water partition coefficient (Wildman–Crippen LogP) is 2.52. The van der Waals surface area contributed by atoms with Gasteiger partial charge in [0.1, 0.15) is 18.1 Å². The zero-order valence-electron chi connectivity index (χ0n) is 12.2. The van der Waals surface area contributed by atoms with Crippen molar-refractivity contribution < 1.29 is 22.7 Å². The molecule has 0 amide bonds. The monoisotopic (exact) mass is 326 g/mol. The number of nitrogens with zero attached hydrogens (tertiary/aromatic N) is 2. The highest BCUT2D eigenvalue weighted by Gasteiger charge is 2.30. The maximum Gasteiger partial charge on any atom is 0.327 e. The van der Waals surface area contributed by atoms with Crippen molar-refractivity contribution in [2.45, 2.75) is 31.7 Å². The van der Waals surface area contributed by atoms with Gasteiger partial charge in [0, 0.05) is 0 Å². The Morgan fingerprint density at radius 1 is 1.43 bits per heavy atom. The summed E-state index contributed by atoms with van der Waals surface area (Å²) < 4.78 is 46.2. The van der Waals surface area contributed by atoms with Gasteiger partial charge in [-0.15, -0.1) is 0 Å². The minimum Gasteiger partial charge on any atom is -0.468 e. The number of benzene rings is 1. The van der Waals surface area contributed by atoms with Crippen molar-refractivity contribution in [3.05, 3.63) is 39.6 Å². The van der Waals surface area contributed by atoms with Crippen LogP contribution in [0.25, 0.3) is 10.8 Å². The molecule has 0 N–H and O–H groups in total. The summed E-state index contributed by atoms with van der Waals surface area (Å²) in [6.07, 6.45) is -1.50. The zero-order valence-corrected chi connectivity index (χ0v) is 12.2. The molecule has 1 aromatic heterocycles. The quantitative estimate of drug-likeness (QED) is 0.810.